The van der Waals surface area contributed by atoms with Crippen LogP contribution in [0.5, 0.6) is 0 Å². The van der Waals surface area contributed by atoms with Gasteiger partial charge in [0.05, 0.1) is 5.56 Å². The van der Waals surface area contributed by atoms with Crippen molar-refractivity contribution in [1.82, 2.24) is 5.06 Å². The fourth-order valence-corrected chi connectivity index (χ4v) is 1.64. The van der Waals surface area contributed by atoms with Crippen LogP contribution in [0.25, 0.3) is 10.8 Å². The van der Waals surface area contributed by atoms with Crippen molar-refractivity contribution in [2.45, 2.75) is 6.92 Å². The van der Waals surface area contributed by atoms with Gasteiger partial charge in [-0.15, -0.1) is 0 Å². The number of hydrogen-bond acceptors (Lipinski definition) is 3. The number of benzene rings is 2. The number of nitrogens with zero attached hydrogens (tertiary/aromatic N) is 1. The minimum absolute atomic E-state index is 0.330. The van der Waals surface area contributed by atoms with Crippen molar-refractivity contribution in [1.29, 1.82) is 0 Å². The summed E-state index contributed by atoms with van der Waals surface area (Å²) >= 11 is 0. The van der Waals surface area contributed by atoms with E-state index in [1.807, 2.05) is 30.3 Å². The number of carbonyl (C=O) groups is 2. The summed E-state index contributed by atoms with van der Waals surface area (Å²) in [6.07, 6.45) is 0. The van der Waals surface area contributed by atoms with Crippen LogP contribution in [0.4, 0.5) is 0 Å². The molecule has 0 aliphatic rings. The van der Waals surface area contributed by atoms with Crippen LogP contribution in [-0.2, 0) is 9.63 Å². The zero-order chi connectivity index (χ0) is 13.1. The molecule has 0 aliphatic carbocycles. The summed E-state index contributed by atoms with van der Waals surface area (Å²) in [7, 11) is 1.41. The van der Waals surface area contributed by atoms with Gasteiger partial charge in [-0.25, -0.2) is 4.79 Å². The molecule has 2 aromatic rings. The molecule has 0 aliphatic heterocycles. The van der Waals surface area contributed by atoms with Gasteiger partial charge in [-0.2, -0.15) is 5.06 Å². The van der Waals surface area contributed by atoms with Gasteiger partial charge in [0, 0.05) is 14.0 Å². The monoisotopic (exact) mass is 243 g/mol. The molecule has 1 amide bonds. The quantitative estimate of drug-likeness (QED) is 0.722. The molecule has 0 saturated heterocycles. The fraction of sp³-hybridized carbons (Fsp3) is 0.143. The molecule has 0 N–H and O–H groups in total. The number of carbonyl (C=O) groups excluding carboxylic acids is 2. The van der Waals surface area contributed by atoms with E-state index in [1.54, 1.807) is 12.1 Å². The Hall–Kier alpha value is -2.36. The summed E-state index contributed by atoms with van der Waals surface area (Å²) in [5.41, 5.74) is 0.446. The van der Waals surface area contributed by atoms with Gasteiger partial charge >= 0.3 is 5.97 Å². The van der Waals surface area contributed by atoms with E-state index in [1.165, 1.54) is 14.0 Å². The van der Waals surface area contributed by atoms with E-state index in [4.69, 9.17) is 4.84 Å². The number of hydrogen-bond donors (Lipinski definition) is 0. The minimum Gasteiger partial charge on any atom is -0.333 e. The van der Waals surface area contributed by atoms with E-state index in [0.29, 0.717) is 5.56 Å². The number of fused-ring (bicyclic) bond motifs is 1. The van der Waals surface area contributed by atoms with E-state index in [0.717, 1.165) is 15.8 Å². The molecule has 4 heteroatoms. The van der Waals surface area contributed by atoms with E-state index < -0.39 is 5.97 Å². The third kappa shape index (κ3) is 2.32. The lowest BCUT2D eigenvalue weighted by atomic mass is 10.1. The van der Waals surface area contributed by atoms with E-state index >= 15 is 0 Å². The largest absolute Gasteiger partial charge is 0.363 e. The second-order valence-electron chi connectivity index (χ2n) is 3.92. The van der Waals surface area contributed by atoms with E-state index in [-0.39, 0.29) is 5.91 Å². The van der Waals surface area contributed by atoms with Gasteiger partial charge in [0.1, 0.15) is 0 Å². The van der Waals surface area contributed by atoms with Crippen LogP contribution >= 0.6 is 0 Å². The zero-order valence-electron chi connectivity index (χ0n) is 10.2. The highest BCUT2D eigenvalue weighted by atomic mass is 16.7. The van der Waals surface area contributed by atoms with Gasteiger partial charge in [0.25, 0.3) is 5.91 Å². The molecule has 0 fully saturated rings. The van der Waals surface area contributed by atoms with Crippen molar-refractivity contribution in [3.05, 3.63) is 48.0 Å². The molecule has 2 aromatic carbocycles. The highest BCUT2D eigenvalue weighted by Gasteiger charge is 2.15. The molecule has 92 valence electrons. The van der Waals surface area contributed by atoms with Gasteiger partial charge in [-0.3, -0.25) is 4.79 Å². The highest BCUT2D eigenvalue weighted by Crippen LogP contribution is 2.19. The van der Waals surface area contributed by atoms with Crippen molar-refractivity contribution >= 4 is 22.6 Å². The Labute approximate surface area is 105 Å². The lowest BCUT2D eigenvalue weighted by Crippen LogP contribution is -2.27. The smallest absolute Gasteiger partial charge is 0.333 e. The van der Waals surface area contributed by atoms with Crippen molar-refractivity contribution < 1.29 is 14.4 Å². The van der Waals surface area contributed by atoms with Crippen LogP contribution in [-0.4, -0.2) is 24.0 Å². The third-order valence-corrected chi connectivity index (χ3v) is 2.67. The Balaban J connectivity index is 2.36. The van der Waals surface area contributed by atoms with Gasteiger partial charge in [-0.05, 0) is 16.8 Å². The Morgan fingerprint density at radius 1 is 1.06 bits per heavy atom. The van der Waals surface area contributed by atoms with Crippen LogP contribution in [0.3, 0.4) is 0 Å². The lowest BCUT2D eigenvalue weighted by Gasteiger charge is -2.14. The normalized spacial score (nSPS) is 10.1. The van der Waals surface area contributed by atoms with Gasteiger partial charge < -0.3 is 4.84 Å². The van der Waals surface area contributed by atoms with Crippen molar-refractivity contribution in [2.24, 2.45) is 0 Å². The highest BCUT2D eigenvalue weighted by molar-refractivity contribution is 6.04. The molecule has 4 nitrogen and oxygen atoms in total. The second-order valence-corrected chi connectivity index (χ2v) is 3.92. The van der Waals surface area contributed by atoms with Crippen LogP contribution in [0.15, 0.2) is 42.5 Å². The summed E-state index contributed by atoms with van der Waals surface area (Å²) in [4.78, 5) is 27.9. The van der Waals surface area contributed by atoms with Crippen LogP contribution < -0.4 is 0 Å². The first-order valence-corrected chi connectivity index (χ1v) is 5.54. The molecule has 18 heavy (non-hydrogen) atoms. The van der Waals surface area contributed by atoms with Crippen molar-refractivity contribution in [3.8, 4) is 0 Å². The maximum Gasteiger partial charge on any atom is 0.363 e. The van der Waals surface area contributed by atoms with Crippen LogP contribution in [0.1, 0.15) is 17.3 Å². The number of hydroxylamine groups is 2. The summed E-state index contributed by atoms with van der Waals surface area (Å²) < 4.78 is 0. The van der Waals surface area contributed by atoms with Crippen LogP contribution in [0, 0.1) is 0 Å². The van der Waals surface area contributed by atoms with E-state index in [2.05, 4.69) is 0 Å². The first-order valence-electron chi connectivity index (χ1n) is 5.54. The van der Waals surface area contributed by atoms with Gasteiger partial charge in [-0.1, -0.05) is 36.4 Å². The molecular weight excluding hydrogens is 230 g/mol. The standard InChI is InChI=1S/C14H13NO3/c1-10(16)15(2)18-14(17)13-9-5-7-11-6-3-4-8-12(11)13/h3-9H,1-2H3. The molecule has 0 bridgehead atoms. The fourth-order valence-electron chi connectivity index (χ4n) is 1.64. The molecule has 0 saturated carbocycles. The Morgan fingerprint density at radius 3 is 2.44 bits per heavy atom. The number of rotatable bonds is 1. The third-order valence-electron chi connectivity index (χ3n) is 2.67. The van der Waals surface area contributed by atoms with Gasteiger partial charge in [0.15, 0.2) is 0 Å². The second kappa shape index (κ2) is 4.87. The Morgan fingerprint density at radius 2 is 1.72 bits per heavy atom. The topological polar surface area (TPSA) is 46.6 Å². The minimum atomic E-state index is -0.537. The van der Waals surface area contributed by atoms with Crippen molar-refractivity contribution in [2.75, 3.05) is 7.05 Å². The molecule has 2 rings (SSSR count). The zero-order valence-corrected chi connectivity index (χ0v) is 10.2. The maximum atomic E-state index is 12.0. The number of amides is 1. The average molecular weight is 243 g/mol. The molecule has 0 atom stereocenters. The predicted molar refractivity (Wildman–Crippen MR) is 67.8 cm³/mol. The summed E-state index contributed by atoms with van der Waals surface area (Å²) in [6.45, 7) is 1.33. The maximum absolute atomic E-state index is 12.0. The molecule has 0 heterocycles. The molecular formula is C14H13NO3. The van der Waals surface area contributed by atoms with E-state index in [9.17, 15) is 9.59 Å². The molecule has 0 unspecified atom stereocenters. The van der Waals surface area contributed by atoms with Crippen molar-refractivity contribution in [3.63, 3.8) is 0 Å². The molecule has 0 radical (unpaired) electrons. The predicted octanol–water partition coefficient (Wildman–Crippen LogP) is 2.39. The Bertz CT molecular complexity index is 602. The lowest BCUT2D eigenvalue weighted by molar-refractivity contribution is -0.158. The molecule has 0 spiro atoms. The Kier molecular flexibility index (Phi) is 3.28. The molecule has 0 aromatic heterocycles. The first-order chi connectivity index (χ1) is 8.59. The first kappa shape index (κ1) is 12.1. The average Bonchev–Trinajstić information content (AvgIpc) is 2.37. The van der Waals surface area contributed by atoms with Crippen LogP contribution in [0.2, 0.25) is 0 Å². The SMILES string of the molecule is CC(=O)N(C)OC(=O)c1cccc2ccccc12. The summed E-state index contributed by atoms with van der Waals surface area (Å²) in [5.74, 6) is -0.868. The summed E-state index contributed by atoms with van der Waals surface area (Å²) in [5, 5.41) is 2.68. The van der Waals surface area contributed by atoms with Gasteiger partial charge in [0.2, 0.25) is 0 Å². The summed E-state index contributed by atoms with van der Waals surface area (Å²) in [6, 6.07) is 12.9.